The molecule has 1 saturated heterocycles. The second-order valence-electron chi connectivity index (χ2n) is 7.16. The van der Waals surface area contributed by atoms with Gasteiger partial charge in [0.25, 0.3) is 0 Å². The van der Waals surface area contributed by atoms with E-state index in [0.29, 0.717) is 0 Å². The molecule has 0 spiro atoms. The van der Waals surface area contributed by atoms with Gasteiger partial charge in [0.05, 0.1) is 0 Å². The number of aryl methyl sites for hydroxylation is 4. The zero-order valence-corrected chi connectivity index (χ0v) is 15.3. The topological polar surface area (TPSA) is 46.2 Å². The molecule has 0 atom stereocenters. The lowest BCUT2D eigenvalue weighted by molar-refractivity contribution is 0.238. The van der Waals surface area contributed by atoms with Crippen molar-refractivity contribution in [1.29, 1.82) is 0 Å². The number of nitrogens with zero attached hydrogens (tertiary/aromatic N) is 2. The maximum absolute atomic E-state index is 5.73. The summed E-state index contributed by atoms with van der Waals surface area (Å²) in [6, 6.07) is 4.65. The Kier molecular flexibility index (Phi) is 5.93. The molecular weight excluding hydrogens is 296 g/mol. The van der Waals surface area contributed by atoms with Crippen LogP contribution >= 0.6 is 0 Å². The lowest BCUT2D eigenvalue weighted by Gasteiger charge is -2.27. The normalized spacial score (nSPS) is 16.1. The number of benzene rings is 1. The molecule has 2 heterocycles. The summed E-state index contributed by atoms with van der Waals surface area (Å²) >= 11 is 0. The number of hydrogen-bond donors (Lipinski definition) is 2. The smallest absolute Gasteiger partial charge is 0.0488 e. The van der Waals surface area contributed by atoms with Crippen LogP contribution in [0.1, 0.15) is 29.5 Å². The summed E-state index contributed by atoms with van der Waals surface area (Å²) in [6.45, 7) is 12.1. The van der Waals surface area contributed by atoms with Crippen LogP contribution in [0.15, 0.2) is 18.3 Å². The number of aromatic nitrogens is 1. The van der Waals surface area contributed by atoms with Crippen LogP contribution in [0.25, 0.3) is 10.9 Å². The Morgan fingerprint density at radius 3 is 2.62 bits per heavy atom. The van der Waals surface area contributed by atoms with Crippen molar-refractivity contribution < 1.29 is 0 Å². The minimum absolute atomic E-state index is 0.753. The summed E-state index contributed by atoms with van der Waals surface area (Å²) in [5, 5.41) is 4.90. The zero-order valence-electron chi connectivity index (χ0n) is 15.3. The van der Waals surface area contributed by atoms with Gasteiger partial charge in [0, 0.05) is 49.8 Å². The Hall–Kier alpha value is -1.36. The lowest BCUT2D eigenvalue weighted by Crippen LogP contribution is -2.43. The third-order valence-electron chi connectivity index (χ3n) is 5.13. The van der Waals surface area contributed by atoms with E-state index in [1.165, 1.54) is 60.1 Å². The molecule has 0 amide bonds. The summed E-state index contributed by atoms with van der Waals surface area (Å²) < 4.78 is 2.42. The standard InChI is InChI=1S/C20H32N4/c1-16-13-17(2)20-18(5-3-9-23-11-7-22-8-12-23)15-24(10-4-6-21)19(20)14-16/h13-15,22H,3-12,21H2,1-2H3. The van der Waals surface area contributed by atoms with Gasteiger partial charge < -0.3 is 20.5 Å². The highest BCUT2D eigenvalue weighted by Gasteiger charge is 2.13. The Morgan fingerprint density at radius 1 is 1.08 bits per heavy atom. The molecule has 4 nitrogen and oxygen atoms in total. The molecule has 1 aliphatic heterocycles. The summed E-state index contributed by atoms with van der Waals surface area (Å²) in [5.74, 6) is 0. The number of rotatable bonds is 7. The molecule has 2 aromatic rings. The molecule has 1 aromatic carbocycles. The molecule has 1 fully saturated rings. The van der Waals surface area contributed by atoms with Crippen molar-refractivity contribution in [2.24, 2.45) is 5.73 Å². The average Bonchev–Trinajstić information content (AvgIpc) is 2.92. The van der Waals surface area contributed by atoms with Gasteiger partial charge in [0.15, 0.2) is 0 Å². The van der Waals surface area contributed by atoms with E-state index in [1.54, 1.807) is 0 Å². The van der Waals surface area contributed by atoms with Gasteiger partial charge in [-0.05, 0) is 69.0 Å². The zero-order chi connectivity index (χ0) is 16.9. The molecule has 0 aliphatic carbocycles. The SMILES string of the molecule is Cc1cc(C)c2c(CCCN3CCNCC3)cn(CCCN)c2c1. The third-order valence-corrected chi connectivity index (χ3v) is 5.13. The molecule has 0 saturated carbocycles. The molecule has 3 N–H and O–H groups in total. The summed E-state index contributed by atoms with van der Waals surface area (Å²) in [6.07, 6.45) is 5.82. The predicted molar refractivity (Wildman–Crippen MR) is 103 cm³/mol. The van der Waals surface area contributed by atoms with Gasteiger partial charge in [-0.3, -0.25) is 0 Å². The predicted octanol–water partition coefficient (Wildman–Crippen LogP) is 2.44. The maximum Gasteiger partial charge on any atom is 0.0488 e. The average molecular weight is 329 g/mol. The van der Waals surface area contributed by atoms with Crippen molar-refractivity contribution in [2.45, 2.75) is 39.7 Å². The molecule has 3 rings (SSSR count). The number of nitrogens with two attached hydrogens (primary N) is 1. The molecule has 0 radical (unpaired) electrons. The first-order chi connectivity index (χ1) is 11.7. The van der Waals surface area contributed by atoms with Crippen molar-refractivity contribution >= 4 is 10.9 Å². The van der Waals surface area contributed by atoms with Gasteiger partial charge in [0.1, 0.15) is 0 Å². The highest BCUT2D eigenvalue weighted by molar-refractivity contribution is 5.88. The van der Waals surface area contributed by atoms with Crippen LogP contribution in [0.5, 0.6) is 0 Å². The monoisotopic (exact) mass is 328 g/mol. The Bertz CT molecular complexity index is 668. The van der Waals surface area contributed by atoms with Gasteiger partial charge >= 0.3 is 0 Å². The van der Waals surface area contributed by atoms with Crippen LogP contribution in [-0.4, -0.2) is 48.7 Å². The van der Waals surface area contributed by atoms with Crippen LogP contribution in [0.2, 0.25) is 0 Å². The minimum atomic E-state index is 0.753. The van der Waals surface area contributed by atoms with Crippen LogP contribution in [0.3, 0.4) is 0 Å². The van der Waals surface area contributed by atoms with Gasteiger partial charge in [0.2, 0.25) is 0 Å². The second-order valence-corrected chi connectivity index (χ2v) is 7.16. The number of fused-ring (bicyclic) bond motifs is 1. The summed E-state index contributed by atoms with van der Waals surface area (Å²) in [5.41, 5.74) is 11.4. The van der Waals surface area contributed by atoms with E-state index >= 15 is 0 Å². The van der Waals surface area contributed by atoms with Gasteiger partial charge in [-0.2, -0.15) is 0 Å². The fourth-order valence-corrected chi connectivity index (χ4v) is 3.98. The fraction of sp³-hybridized carbons (Fsp3) is 0.600. The number of hydrogen-bond acceptors (Lipinski definition) is 3. The number of nitrogens with one attached hydrogen (secondary N) is 1. The molecule has 1 aromatic heterocycles. The highest BCUT2D eigenvalue weighted by Crippen LogP contribution is 2.28. The largest absolute Gasteiger partial charge is 0.347 e. The lowest BCUT2D eigenvalue weighted by atomic mass is 10.0. The van der Waals surface area contributed by atoms with Crippen LogP contribution in [0, 0.1) is 13.8 Å². The quantitative estimate of drug-likeness (QED) is 0.821. The van der Waals surface area contributed by atoms with Crippen LogP contribution in [0.4, 0.5) is 0 Å². The number of piperazine rings is 1. The van der Waals surface area contributed by atoms with E-state index < -0.39 is 0 Å². The van der Waals surface area contributed by atoms with Crippen molar-refractivity contribution in [2.75, 3.05) is 39.3 Å². The van der Waals surface area contributed by atoms with Crippen LogP contribution in [-0.2, 0) is 13.0 Å². The molecule has 132 valence electrons. The van der Waals surface area contributed by atoms with E-state index in [1.807, 2.05) is 0 Å². The Labute approximate surface area is 146 Å². The van der Waals surface area contributed by atoms with Gasteiger partial charge in [-0.25, -0.2) is 0 Å². The summed E-state index contributed by atoms with van der Waals surface area (Å²) in [4.78, 5) is 2.58. The van der Waals surface area contributed by atoms with Crippen LogP contribution < -0.4 is 11.1 Å². The summed E-state index contributed by atoms with van der Waals surface area (Å²) in [7, 11) is 0. The van der Waals surface area contributed by atoms with Crippen molar-refractivity contribution in [3.05, 3.63) is 35.0 Å². The fourth-order valence-electron chi connectivity index (χ4n) is 3.98. The molecule has 1 aliphatic rings. The van der Waals surface area contributed by atoms with Gasteiger partial charge in [-0.1, -0.05) is 6.07 Å². The second kappa shape index (κ2) is 8.15. The van der Waals surface area contributed by atoms with Crippen molar-refractivity contribution in [1.82, 2.24) is 14.8 Å². The van der Waals surface area contributed by atoms with E-state index in [-0.39, 0.29) is 0 Å². The van der Waals surface area contributed by atoms with Crippen molar-refractivity contribution in [3.8, 4) is 0 Å². The Morgan fingerprint density at radius 2 is 1.88 bits per heavy atom. The van der Waals surface area contributed by atoms with E-state index in [9.17, 15) is 0 Å². The van der Waals surface area contributed by atoms with E-state index in [0.717, 1.165) is 32.6 Å². The molecule has 0 unspecified atom stereocenters. The molecular formula is C20H32N4. The Balaban J connectivity index is 1.76. The first kappa shape index (κ1) is 17.5. The van der Waals surface area contributed by atoms with Crippen molar-refractivity contribution in [3.63, 3.8) is 0 Å². The van der Waals surface area contributed by atoms with Gasteiger partial charge in [-0.15, -0.1) is 0 Å². The molecule has 4 heteroatoms. The van der Waals surface area contributed by atoms with E-state index in [2.05, 4.69) is 47.0 Å². The first-order valence-corrected chi connectivity index (χ1v) is 9.41. The third kappa shape index (κ3) is 4.00. The first-order valence-electron chi connectivity index (χ1n) is 9.41. The molecule has 24 heavy (non-hydrogen) atoms. The minimum Gasteiger partial charge on any atom is -0.347 e. The van der Waals surface area contributed by atoms with E-state index in [4.69, 9.17) is 5.73 Å². The highest BCUT2D eigenvalue weighted by atomic mass is 15.2. The maximum atomic E-state index is 5.73. The molecule has 0 bridgehead atoms.